The lowest BCUT2D eigenvalue weighted by Gasteiger charge is -2.01. The van der Waals surface area contributed by atoms with E-state index in [4.69, 9.17) is 0 Å². The number of nitrogens with one attached hydrogen (secondary N) is 1. The van der Waals surface area contributed by atoms with Crippen LogP contribution in [0.25, 0.3) is 11.5 Å². The van der Waals surface area contributed by atoms with Crippen LogP contribution >= 0.6 is 0 Å². The molecule has 3 aromatic heterocycles. The lowest BCUT2D eigenvalue weighted by molar-refractivity contribution is 0.825. The van der Waals surface area contributed by atoms with Crippen molar-refractivity contribution < 1.29 is 0 Å². The molecule has 74 valence electrons. The van der Waals surface area contributed by atoms with Crippen molar-refractivity contribution in [3.63, 3.8) is 0 Å². The molecule has 3 rings (SSSR count). The summed E-state index contributed by atoms with van der Waals surface area (Å²) in [7, 11) is 0. The Labute approximate surface area is 84.4 Å². The summed E-state index contributed by atoms with van der Waals surface area (Å²) in [6.07, 6.45) is 10.0. The van der Waals surface area contributed by atoms with E-state index in [1.807, 2.05) is 10.8 Å². The van der Waals surface area contributed by atoms with Crippen molar-refractivity contribution in [2.24, 2.45) is 0 Å². The average Bonchev–Trinajstić information content (AvgIpc) is 3.01. The third-order valence-electron chi connectivity index (χ3n) is 2.03. The molecule has 3 heterocycles. The molecule has 0 aromatic carbocycles. The molecule has 0 fully saturated rings. The van der Waals surface area contributed by atoms with Gasteiger partial charge in [0.15, 0.2) is 5.82 Å². The zero-order valence-corrected chi connectivity index (χ0v) is 7.65. The highest BCUT2D eigenvalue weighted by atomic mass is 15.4. The van der Waals surface area contributed by atoms with Crippen molar-refractivity contribution in [3.05, 3.63) is 37.6 Å². The van der Waals surface area contributed by atoms with Gasteiger partial charge in [0.25, 0.3) is 0 Å². The van der Waals surface area contributed by atoms with Crippen molar-refractivity contribution in [3.8, 4) is 11.5 Å². The number of hydrogen-bond acceptors (Lipinski definition) is 4. The van der Waals surface area contributed by atoms with E-state index in [-0.39, 0.29) is 0 Å². The number of nitrogens with zero attached hydrogens (tertiary/aromatic N) is 6. The van der Waals surface area contributed by atoms with Crippen molar-refractivity contribution in [1.29, 1.82) is 0 Å². The molecule has 0 aliphatic rings. The molecule has 0 atom stereocenters. The Balaban J connectivity index is 2.15. The second kappa shape index (κ2) is 3.05. The summed E-state index contributed by atoms with van der Waals surface area (Å²) in [5.41, 5.74) is 0.873. The minimum atomic E-state index is 0.755. The van der Waals surface area contributed by atoms with E-state index in [9.17, 15) is 0 Å². The first-order valence-electron chi connectivity index (χ1n) is 4.32. The summed E-state index contributed by atoms with van der Waals surface area (Å²) >= 11 is 0. The van der Waals surface area contributed by atoms with Crippen LogP contribution in [0.3, 0.4) is 0 Å². The van der Waals surface area contributed by atoms with Crippen LogP contribution in [0.5, 0.6) is 0 Å². The maximum atomic E-state index is 4.03. The zero-order valence-electron chi connectivity index (χ0n) is 7.65. The van der Waals surface area contributed by atoms with Gasteiger partial charge in [0.1, 0.15) is 18.3 Å². The van der Waals surface area contributed by atoms with Gasteiger partial charge in [-0.2, -0.15) is 10.2 Å². The predicted octanol–water partition coefficient (Wildman–Crippen LogP) is 0.176. The fourth-order valence-corrected chi connectivity index (χ4v) is 1.36. The predicted molar refractivity (Wildman–Crippen MR) is 50.6 cm³/mol. The van der Waals surface area contributed by atoms with Crippen LogP contribution in [0, 0.1) is 0 Å². The first-order chi connectivity index (χ1) is 7.45. The molecule has 0 radical (unpaired) electrons. The molecule has 7 heteroatoms. The molecule has 7 nitrogen and oxygen atoms in total. The van der Waals surface area contributed by atoms with Crippen LogP contribution < -0.4 is 0 Å². The fourth-order valence-electron chi connectivity index (χ4n) is 1.36. The molecule has 0 spiro atoms. The van der Waals surface area contributed by atoms with Crippen LogP contribution in [-0.2, 0) is 0 Å². The van der Waals surface area contributed by atoms with E-state index in [0.717, 1.165) is 11.5 Å². The molecule has 3 aromatic rings. The topological polar surface area (TPSA) is 77.2 Å². The standard InChI is InChI=1S/C8H7N7/c1-2-14(5-9-1)7-3-11-13-8(7)15-6-10-4-12-15/h1-6H,(H,11,13). The van der Waals surface area contributed by atoms with Gasteiger partial charge >= 0.3 is 0 Å². The summed E-state index contributed by atoms with van der Waals surface area (Å²) in [5, 5.41) is 10.9. The summed E-state index contributed by atoms with van der Waals surface area (Å²) in [6.45, 7) is 0. The highest BCUT2D eigenvalue weighted by Crippen LogP contribution is 2.13. The van der Waals surface area contributed by atoms with Crippen molar-refractivity contribution >= 4 is 0 Å². The van der Waals surface area contributed by atoms with E-state index in [2.05, 4.69) is 25.3 Å². The quantitative estimate of drug-likeness (QED) is 0.641. The largest absolute Gasteiger partial charge is 0.301 e. The van der Waals surface area contributed by atoms with Crippen molar-refractivity contribution in [1.82, 2.24) is 34.5 Å². The Morgan fingerprint density at radius 3 is 2.93 bits per heavy atom. The van der Waals surface area contributed by atoms with Gasteiger partial charge in [-0.25, -0.2) is 14.6 Å². The maximum absolute atomic E-state index is 4.03. The first-order valence-corrected chi connectivity index (χ1v) is 4.32. The molecular weight excluding hydrogens is 194 g/mol. The van der Waals surface area contributed by atoms with Gasteiger partial charge in [0.2, 0.25) is 0 Å². The van der Waals surface area contributed by atoms with Gasteiger partial charge in [-0.05, 0) is 0 Å². The summed E-state index contributed by atoms with van der Waals surface area (Å²) in [6, 6.07) is 0. The number of aromatic nitrogens is 7. The SMILES string of the molecule is c1cn(-c2cn[nH]c2-n2cncn2)cn1. The number of hydrogen-bond donors (Lipinski definition) is 1. The second-order valence-corrected chi connectivity index (χ2v) is 2.91. The minimum absolute atomic E-state index is 0.755. The fraction of sp³-hybridized carbons (Fsp3) is 0. The van der Waals surface area contributed by atoms with E-state index < -0.39 is 0 Å². The smallest absolute Gasteiger partial charge is 0.175 e. The lowest BCUT2D eigenvalue weighted by atomic mass is 10.5. The van der Waals surface area contributed by atoms with Crippen LogP contribution in [0.1, 0.15) is 0 Å². The number of H-pyrrole nitrogens is 1. The highest BCUT2D eigenvalue weighted by molar-refractivity contribution is 5.44. The average molecular weight is 201 g/mol. The number of aromatic amines is 1. The number of rotatable bonds is 2. The molecule has 0 saturated heterocycles. The van der Waals surface area contributed by atoms with Crippen LogP contribution in [0.4, 0.5) is 0 Å². The third-order valence-corrected chi connectivity index (χ3v) is 2.03. The zero-order chi connectivity index (χ0) is 10.1. The molecule has 0 unspecified atom stereocenters. The van der Waals surface area contributed by atoms with Gasteiger partial charge in [-0.3, -0.25) is 5.10 Å². The van der Waals surface area contributed by atoms with Crippen LogP contribution in [0.15, 0.2) is 37.6 Å². The Kier molecular flexibility index (Phi) is 1.61. The first kappa shape index (κ1) is 7.92. The molecule has 1 N–H and O–H groups in total. The van der Waals surface area contributed by atoms with E-state index >= 15 is 0 Å². The lowest BCUT2D eigenvalue weighted by Crippen LogP contribution is -2.00. The van der Waals surface area contributed by atoms with E-state index in [1.54, 1.807) is 29.7 Å². The third kappa shape index (κ3) is 1.21. The highest BCUT2D eigenvalue weighted by Gasteiger charge is 2.08. The molecule has 0 saturated carbocycles. The molecular formula is C8H7N7. The van der Waals surface area contributed by atoms with Crippen molar-refractivity contribution in [2.75, 3.05) is 0 Å². The Morgan fingerprint density at radius 2 is 2.20 bits per heavy atom. The molecule has 0 aliphatic carbocycles. The minimum Gasteiger partial charge on any atom is -0.301 e. The van der Waals surface area contributed by atoms with Gasteiger partial charge in [-0.1, -0.05) is 0 Å². The van der Waals surface area contributed by atoms with Crippen LogP contribution in [0.2, 0.25) is 0 Å². The molecule has 0 amide bonds. The van der Waals surface area contributed by atoms with Crippen molar-refractivity contribution in [2.45, 2.75) is 0 Å². The second-order valence-electron chi connectivity index (χ2n) is 2.91. The van der Waals surface area contributed by atoms with Crippen LogP contribution in [-0.4, -0.2) is 34.5 Å². The van der Waals surface area contributed by atoms with E-state index in [1.165, 1.54) is 6.33 Å². The molecule has 15 heavy (non-hydrogen) atoms. The summed E-state index contributed by atoms with van der Waals surface area (Å²) in [5.74, 6) is 0.755. The van der Waals surface area contributed by atoms with Gasteiger partial charge in [0.05, 0.1) is 12.5 Å². The summed E-state index contributed by atoms with van der Waals surface area (Å²) < 4.78 is 3.46. The Morgan fingerprint density at radius 1 is 1.20 bits per heavy atom. The van der Waals surface area contributed by atoms with Gasteiger partial charge in [0, 0.05) is 12.4 Å². The van der Waals surface area contributed by atoms with Gasteiger partial charge < -0.3 is 4.57 Å². The monoisotopic (exact) mass is 201 g/mol. The molecule has 0 aliphatic heterocycles. The normalized spacial score (nSPS) is 10.7. The summed E-state index contributed by atoms with van der Waals surface area (Å²) in [4.78, 5) is 7.86. The Hall–Kier alpha value is -2.44. The maximum Gasteiger partial charge on any atom is 0.175 e. The Bertz CT molecular complexity index is 485. The number of imidazole rings is 1. The van der Waals surface area contributed by atoms with E-state index in [0.29, 0.717) is 0 Å². The van der Waals surface area contributed by atoms with Gasteiger partial charge in [-0.15, -0.1) is 0 Å². The molecule has 0 bridgehead atoms.